The Morgan fingerprint density at radius 1 is 0.305 bits per heavy atom. The summed E-state index contributed by atoms with van der Waals surface area (Å²) in [6.45, 7) is 1.89. The molecule has 0 radical (unpaired) electrons. The topological polar surface area (TPSA) is 307 Å². The highest BCUT2D eigenvalue weighted by atomic mass is 16.8. The van der Waals surface area contributed by atoms with E-state index >= 15 is 0 Å². The zero-order chi connectivity index (χ0) is 76.0. The standard InChI is InChI=1S/C86H167NO18/c1-3-5-7-9-11-13-15-17-19-21-23-25-27-29-30-31-32-33-34-35-36-37-38-40-42-44-46-48-50-52-54-56-58-60-62-64-74(92)87-69(70(91)63-61-59-57-55-53-51-49-47-45-43-41-39-28-26-24-22-20-18-16-14-12-10-8-6-4-2)68-100-84-80(98)77(95)82(72(66-89)102-84)105-86-81(99)78(96)83(73(67-90)103-86)104-85-79(97)76(94)75(93)71(65-88)101-85/h69-73,75-86,88-91,93-99H,3-68H2,1-2H3,(H,87,92). The molecule has 3 rings (SSSR count). The highest BCUT2D eigenvalue weighted by Gasteiger charge is 2.54. The highest BCUT2D eigenvalue weighted by Crippen LogP contribution is 2.34. The lowest BCUT2D eigenvalue weighted by atomic mass is 9.96. The summed E-state index contributed by atoms with van der Waals surface area (Å²) >= 11 is 0. The Balaban J connectivity index is 1.31. The first-order valence-electron chi connectivity index (χ1n) is 44.8. The molecule has 17 atom stereocenters. The number of hydrogen-bond donors (Lipinski definition) is 12. The Morgan fingerprint density at radius 3 is 0.829 bits per heavy atom. The van der Waals surface area contributed by atoms with Gasteiger partial charge in [-0.25, -0.2) is 0 Å². The molecule has 17 unspecified atom stereocenters. The van der Waals surface area contributed by atoms with Gasteiger partial charge in [-0.2, -0.15) is 0 Å². The number of aliphatic hydroxyl groups excluding tert-OH is 11. The average molecular weight is 1500 g/mol. The van der Waals surface area contributed by atoms with Gasteiger partial charge in [0.25, 0.3) is 0 Å². The lowest BCUT2D eigenvalue weighted by Crippen LogP contribution is -2.66. The molecule has 19 heteroatoms. The molecule has 105 heavy (non-hydrogen) atoms. The number of rotatable bonds is 74. The molecule has 0 aromatic heterocycles. The van der Waals surface area contributed by atoms with E-state index in [1.54, 1.807) is 0 Å². The average Bonchev–Trinajstić information content (AvgIpc) is 0.781. The number of aliphatic hydroxyl groups is 11. The summed E-state index contributed by atoms with van der Waals surface area (Å²) in [4.78, 5) is 13.5. The molecule has 3 aliphatic rings. The van der Waals surface area contributed by atoms with E-state index in [-0.39, 0.29) is 18.9 Å². The summed E-state index contributed by atoms with van der Waals surface area (Å²) in [6.07, 6.45) is 53.6. The lowest BCUT2D eigenvalue weighted by molar-refractivity contribution is -0.379. The Kier molecular flexibility index (Phi) is 62.8. The van der Waals surface area contributed by atoms with Crippen LogP contribution in [0.3, 0.4) is 0 Å². The van der Waals surface area contributed by atoms with Crippen LogP contribution in [0.1, 0.15) is 412 Å². The fourth-order valence-corrected chi connectivity index (χ4v) is 15.8. The number of nitrogens with one attached hydrogen (secondary N) is 1. The maximum Gasteiger partial charge on any atom is 0.220 e. The number of ether oxygens (including phenoxy) is 6. The number of carbonyl (C=O) groups excluding carboxylic acids is 1. The molecular formula is C86H167NO18. The minimum atomic E-state index is -1.97. The van der Waals surface area contributed by atoms with Gasteiger partial charge >= 0.3 is 0 Å². The van der Waals surface area contributed by atoms with Gasteiger partial charge < -0.3 is 89.9 Å². The van der Waals surface area contributed by atoms with Gasteiger partial charge in [-0.3, -0.25) is 4.79 Å². The Hall–Kier alpha value is -1.21. The summed E-state index contributed by atoms with van der Waals surface area (Å²) in [6, 6.07) is -0.884. The second-order valence-electron chi connectivity index (χ2n) is 32.4. The molecule has 0 spiro atoms. The number of unbranched alkanes of at least 4 members (excludes halogenated alkanes) is 58. The van der Waals surface area contributed by atoms with Crippen molar-refractivity contribution in [3.05, 3.63) is 0 Å². The molecule has 0 aliphatic carbocycles. The summed E-state index contributed by atoms with van der Waals surface area (Å²) in [5.74, 6) is -0.231. The highest BCUT2D eigenvalue weighted by molar-refractivity contribution is 5.76. The van der Waals surface area contributed by atoms with Crippen molar-refractivity contribution < 1.29 is 89.4 Å². The lowest BCUT2D eigenvalue weighted by Gasteiger charge is -2.48. The molecule has 19 nitrogen and oxygen atoms in total. The molecule has 0 saturated carbocycles. The van der Waals surface area contributed by atoms with Crippen LogP contribution in [-0.2, 0) is 33.2 Å². The predicted molar refractivity (Wildman–Crippen MR) is 421 cm³/mol. The predicted octanol–water partition coefficient (Wildman–Crippen LogP) is 16.5. The van der Waals surface area contributed by atoms with Gasteiger partial charge in [0.05, 0.1) is 38.6 Å². The van der Waals surface area contributed by atoms with Crippen LogP contribution in [0.4, 0.5) is 0 Å². The monoisotopic (exact) mass is 1500 g/mol. The smallest absolute Gasteiger partial charge is 0.220 e. The first kappa shape index (κ1) is 98.0. The van der Waals surface area contributed by atoms with Crippen LogP contribution in [-0.4, -0.2) is 193 Å². The Morgan fingerprint density at radius 2 is 0.543 bits per heavy atom. The molecule has 0 aromatic carbocycles. The fraction of sp³-hybridized carbons (Fsp3) is 0.988. The van der Waals surface area contributed by atoms with E-state index in [1.807, 2.05) is 0 Å². The van der Waals surface area contributed by atoms with Crippen molar-refractivity contribution in [1.82, 2.24) is 5.32 Å². The van der Waals surface area contributed by atoms with Crippen molar-refractivity contribution in [2.75, 3.05) is 26.4 Å². The Bertz CT molecular complexity index is 1890. The van der Waals surface area contributed by atoms with E-state index in [2.05, 4.69) is 19.2 Å². The second kappa shape index (κ2) is 67.3. The summed E-state index contributed by atoms with van der Waals surface area (Å²) in [7, 11) is 0. The number of carbonyl (C=O) groups is 1. The van der Waals surface area contributed by atoms with Gasteiger partial charge in [0.1, 0.15) is 73.2 Å². The molecule has 3 saturated heterocycles. The summed E-state index contributed by atoms with van der Waals surface area (Å²) in [5.41, 5.74) is 0. The van der Waals surface area contributed by atoms with Crippen LogP contribution in [0.25, 0.3) is 0 Å². The van der Waals surface area contributed by atoms with E-state index in [0.717, 1.165) is 44.9 Å². The van der Waals surface area contributed by atoms with Crippen LogP contribution >= 0.6 is 0 Å². The third kappa shape index (κ3) is 46.5. The van der Waals surface area contributed by atoms with Crippen LogP contribution in [0, 0.1) is 0 Å². The van der Waals surface area contributed by atoms with Gasteiger partial charge in [0, 0.05) is 6.42 Å². The third-order valence-corrected chi connectivity index (χ3v) is 22.9. The van der Waals surface area contributed by atoms with Crippen molar-refractivity contribution in [1.29, 1.82) is 0 Å². The van der Waals surface area contributed by atoms with Crippen molar-refractivity contribution in [3.8, 4) is 0 Å². The van der Waals surface area contributed by atoms with Crippen molar-refractivity contribution >= 4 is 5.91 Å². The first-order valence-corrected chi connectivity index (χ1v) is 44.8. The van der Waals surface area contributed by atoms with Gasteiger partial charge in [-0.15, -0.1) is 0 Å². The molecule has 3 heterocycles. The van der Waals surface area contributed by atoms with Gasteiger partial charge in [-0.1, -0.05) is 393 Å². The quantitative estimate of drug-likeness (QED) is 0.0252. The maximum atomic E-state index is 13.5. The molecule has 1 amide bonds. The number of hydrogen-bond acceptors (Lipinski definition) is 18. The third-order valence-electron chi connectivity index (χ3n) is 22.9. The zero-order valence-corrected chi connectivity index (χ0v) is 67.3. The largest absolute Gasteiger partial charge is 0.394 e. The minimum Gasteiger partial charge on any atom is -0.394 e. The minimum absolute atomic E-state index is 0.231. The van der Waals surface area contributed by atoms with E-state index in [4.69, 9.17) is 28.4 Å². The molecule has 0 bridgehead atoms. The van der Waals surface area contributed by atoms with Crippen molar-refractivity contribution in [3.63, 3.8) is 0 Å². The molecule has 624 valence electrons. The van der Waals surface area contributed by atoms with E-state index in [1.165, 1.54) is 334 Å². The van der Waals surface area contributed by atoms with Gasteiger partial charge in [0.15, 0.2) is 18.9 Å². The maximum absolute atomic E-state index is 13.5. The molecule has 12 N–H and O–H groups in total. The zero-order valence-electron chi connectivity index (χ0n) is 67.3. The second-order valence-corrected chi connectivity index (χ2v) is 32.4. The summed E-state index contributed by atoms with van der Waals surface area (Å²) in [5, 5.41) is 121. The molecular weight excluding hydrogens is 1330 g/mol. The fourth-order valence-electron chi connectivity index (χ4n) is 15.8. The number of amides is 1. The van der Waals surface area contributed by atoms with Crippen molar-refractivity contribution in [2.45, 2.75) is 516 Å². The first-order chi connectivity index (χ1) is 51.3. The van der Waals surface area contributed by atoms with Crippen LogP contribution in [0.2, 0.25) is 0 Å². The van der Waals surface area contributed by atoms with E-state index in [0.29, 0.717) is 12.8 Å². The van der Waals surface area contributed by atoms with E-state index < -0.39 is 124 Å². The van der Waals surface area contributed by atoms with Gasteiger partial charge in [0.2, 0.25) is 5.91 Å². The van der Waals surface area contributed by atoms with Gasteiger partial charge in [-0.05, 0) is 12.8 Å². The Labute approximate surface area is 640 Å². The van der Waals surface area contributed by atoms with Crippen LogP contribution in [0.5, 0.6) is 0 Å². The molecule has 3 aliphatic heterocycles. The van der Waals surface area contributed by atoms with E-state index in [9.17, 15) is 61.0 Å². The van der Waals surface area contributed by atoms with Crippen LogP contribution < -0.4 is 5.32 Å². The SMILES string of the molecule is CCCCCCCCCCCCCCCCCCCCCCCCCCCCCCCCCCCCCC(=O)NC(COC1OC(CO)C(OC2OC(CO)C(OC3OC(CO)C(O)C(O)C3O)C(O)C2O)C(O)C1O)C(O)CCCCCCCCCCCCCCCCCCCCCCCCCCC. The summed E-state index contributed by atoms with van der Waals surface area (Å²) < 4.78 is 34.6. The molecule has 3 fully saturated rings. The van der Waals surface area contributed by atoms with Crippen LogP contribution in [0.15, 0.2) is 0 Å². The normalized spacial score (nSPS) is 25.7. The molecule has 0 aromatic rings. The van der Waals surface area contributed by atoms with Crippen molar-refractivity contribution in [2.24, 2.45) is 0 Å².